The standard InChI is InChI=1S/C14H13F2N3S/c1-7-5-9(20-8(7)2)6-19-13-11(18-14(19)17)4-3-10(15)12(13)16/h3-5H,6H2,1-2H3,(H2,17,18). The third-order valence-corrected chi connectivity index (χ3v) is 4.50. The van der Waals surface area contributed by atoms with Crippen LogP contribution in [0.15, 0.2) is 18.2 Å². The number of benzene rings is 1. The summed E-state index contributed by atoms with van der Waals surface area (Å²) in [5.41, 5.74) is 7.50. The summed E-state index contributed by atoms with van der Waals surface area (Å²) in [5.74, 6) is -1.61. The second kappa shape index (κ2) is 4.56. The summed E-state index contributed by atoms with van der Waals surface area (Å²) >= 11 is 1.62. The Hall–Kier alpha value is -1.95. The van der Waals surface area contributed by atoms with Crippen molar-refractivity contribution in [3.8, 4) is 0 Å². The Labute approximate surface area is 118 Å². The minimum absolute atomic E-state index is 0.117. The van der Waals surface area contributed by atoms with Gasteiger partial charge in [-0.15, -0.1) is 11.3 Å². The summed E-state index contributed by atoms with van der Waals surface area (Å²) < 4.78 is 28.9. The van der Waals surface area contributed by atoms with Crippen molar-refractivity contribution in [3.63, 3.8) is 0 Å². The lowest BCUT2D eigenvalue weighted by molar-refractivity contribution is 0.512. The number of nitrogens with zero attached hydrogens (tertiary/aromatic N) is 2. The maximum absolute atomic E-state index is 14.0. The average Bonchev–Trinajstić information content (AvgIpc) is 2.87. The topological polar surface area (TPSA) is 43.8 Å². The van der Waals surface area contributed by atoms with Crippen LogP contribution in [0.1, 0.15) is 15.3 Å². The van der Waals surface area contributed by atoms with Crippen LogP contribution in [-0.2, 0) is 6.54 Å². The van der Waals surface area contributed by atoms with Gasteiger partial charge in [0.25, 0.3) is 0 Å². The summed E-state index contributed by atoms with van der Waals surface area (Å²) in [7, 11) is 0. The van der Waals surface area contributed by atoms with Gasteiger partial charge >= 0.3 is 0 Å². The van der Waals surface area contributed by atoms with Gasteiger partial charge in [0, 0.05) is 9.75 Å². The van der Waals surface area contributed by atoms with Crippen LogP contribution < -0.4 is 5.73 Å². The van der Waals surface area contributed by atoms with Crippen molar-refractivity contribution in [1.82, 2.24) is 9.55 Å². The highest BCUT2D eigenvalue weighted by Gasteiger charge is 2.16. The zero-order valence-corrected chi connectivity index (χ0v) is 11.9. The normalized spacial score (nSPS) is 11.4. The molecule has 0 saturated heterocycles. The summed E-state index contributed by atoms with van der Waals surface area (Å²) in [6, 6.07) is 4.53. The Bertz CT molecular complexity index is 785. The molecule has 0 unspecified atom stereocenters. The van der Waals surface area contributed by atoms with Crippen LogP contribution in [0.4, 0.5) is 14.7 Å². The molecule has 0 spiro atoms. The second-order valence-electron chi connectivity index (χ2n) is 4.74. The van der Waals surface area contributed by atoms with Gasteiger partial charge in [0.05, 0.1) is 12.1 Å². The molecule has 6 heteroatoms. The minimum atomic E-state index is -0.906. The van der Waals surface area contributed by atoms with E-state index in [0.717, 1.165) is 10.9 Å². The van der Waals surface area contributed by atoms with Crippen LogP contribution in [0.5, 0.6) is 0 Å². The van der Waals surface area contributed by atoms with Gasteiger partial charge in [-0.1, -0.05) is 0 Å². The van der Waals surface area contributed by atoms with Gasteiger partial charge in [-0.2, -0.15) is 0 Å². The fraction of sp³-hybridized carbons (Fsp3) is 0.214. The molecule has 0 saturated carbocycles. The molecular formula is C14H13F2N3S. The first-order valence-electron chi connectivity index (χ1n) is 6.13. The predicted octanol–water partition coefficient (Wildman–Crippen LogP) is 3.62. The van der Waals surface area contributed by atoms with Crippen molar-refractivity contribution in [2.24, 2.45) is 0 Å². The molecule has 0 aliphatic heterocycles. The fourth-order valence-electron chi connectivity index (χ4n) is 2.22. The predicted molar refractivity (Wildman–Crippen MR) is 77.0 cm³/mol. The molecule has 104 valence electrons. The number of fused-ring (bicyclic) bond motifs is 1. The maximum Gasteiger partial charge on any atom is 0.201 e. The molecule has 1 aromatic carbocycles. The lowest BCUT2D eigenvalue weighted by Crippen LogP contribution is -2.04. The van der Waals surface area contributed by atoms with Crippen molar-refractivity contribution in [1.29, 1.82) is 0 Å². The molecule has 2 N–H and O–H groups in total. The first kappa shape index (κ1) is 13.1. The van der Waals surface area contributed by atoms with Gasteiger partial charge in [0.1, 0.15) is 5.52 Å². The van der Waals surface area contributed by atoms with E-state index in [9.17, 15) is 8.78 Å². The lowest BCUT2D eigenvalue weighted by Gasteiger charge is -2.05. The third-order valence-electron chi connectivity index (χ3n) is 3.36. The van der Waals surface area contributed by atoms with E-state index < -0.39 is 11.6 Å². The van der Waals surface area contributed by atoms with Crippen LogP contribution in [0.3, 0.4) is 0 Å². The zero-order chi connectivity index (χ0) is 14.4. The van der Waals surface area contributed by atoms with Gasteiger partial charge in [-0.3, -0.25) is 0 Å². The van der Waals surface area contributed by atoms with Gasteiger partial charge in [-0.05, 0) is 37.6 Å². The number of anilines is 1. The number of imidazole rings is 1. The maximum atomic E-state index is 14.0. The van der Waals surface area contributed by atoms with Gasteiger partial charge in [0.15, 0.2) is 11.6 Å². The summed E-state index contributed by atoms with van der Waals surface area (Å²) in [6.45, 7) is 4.44. The van der Waals surface area contributed by atoms with Crippen molar-refractivity contribution >= 4 is 28.3 Å². The number of aryl methyl sites for hydroxylation is 2. The summed E-state index contributed by atoms with van der Waals surface area (Å²) in [6.07, 6.45) is 0. The highest BCUT2D eigenvalue weighted by Crippen LogP contribution is 2.27. The van der Waals surface area contributed by atoms with Crippen LogP contribution in [0.25, 0.3) is 11.0 Å². The summed E-state index contributed by atoms with van der Waals surface area (Å²) in [5, 5.41) is 0. The van der Waals surface area contributed by atoms with E-state index >= 15 is 0 Å². The molecule has 20 heavy (non-hydrogen) atoms. The van der Waals surface area contributed by atoms with Gasteiger partial charge < -0.3 is 10.3 Å². The molecule has 0 aliphatic carbocycles. The van der Waals surface area contributed by atoms with Crippen LogP contribution in [0.2, 0.25) is 0 Å². The molecule has 0 fully saturated rings. The van der Waals surface area contributed by atoms with E-state index in [-0.39, 0.29) is 11.5 Å². The Morgan fingerprint density at radius 1 is 1.30 bits per heavy atom. The first-order valence-corrected chi connectivity index (χ1v) is 6.94. The largest absolute Gasteiger partial charge is 0.369 e. The number of nitrogen functional groups attached to an aromatic ring is 1. The molecular weight excluding hydrogens is 280 g/mol. The molecule has 2 heterocycles. The number of rotatable bonds is 2. The second-order valence-corrected chi connectivity index (χ2v) is 6.08. The Kier molecular flexibility index (Phi) is 2.97. The zero-order valence-electron chi connectivity index (χ0n) is 11.1. The van der Waals surface area contributed by atoms with Gasteiger partial charge in [0.2, 0.25) is 5.95 Å². The highest BCUT2D eigenvalue weighted by molar-refractivity contribution is 7.12. The van der Waals surface area contributed by atoms with Crippen LogP contribution in [0, 0.1) is 25.5 Å². The third kappa shape index (κ3) is 1.96. The van der Waals surface area contributed by atoms with Crippen molar-refractivity contribution in [2.75, 3.05) is 5.73 Å². The smallest absolute Gasteiger partial charge is 0.201 e. The Morgan fingerprint density at radius 3 is 2.70 bits per heavy atom. The molecule has 0 aliphatic rings. The minimum Gasteiger partial charge on any atom is -0.369 e. The lowest BCUT2D eigenvalue weighted by atomic mass is 10.2. The molecule has 0 bridgehead atoms. The number of hydrogen-bond acceptors (Lipinski definition) is 3. The summed E-state index contributed by atoms with van der Waals surface area (Å²) in [4.78, 5) is 6.32. The van der Waals surface area contributed by atoms with E-state index in [1.165, 1.54) is 21.1 Å². The SMILES string of the molecule is Cc1cc(Cn2c(N)nc3ccc(F)c(F)c32)sc1C. The molecule has 2 aromatic heterocycles. The van der Waals surface area contributed by atoms with Crippen LogP contribution in [-0.4, -0.2) is 9.55 Å². The van der Waals surface area contributed by atoms with E-state index in [0.29, 0.717) is 12.1 Å². The fourth-order valence-corrected chi connectivity index (χ4v) is 3.26. The van der Waals surface area contributed by atoms with Gasteiger partial charge in [-0.25, -0.2) is 13.8 Å². The first-order chi connectivity index (χ1) is 9.47. The molecule has 0 atom stereocenters. The highest BCUT2D eigenvalue weighted by atomic mass is 32.1. The molecule has 0 amide bonds. The van der Waals surface area contributed by atoms with E-state index in [1.54, 1.807) is 11.3 Å². The number of hydrogen-bond donors (Lipinski definition) is 1. The number of thiophene rings is 1. The van der Waals surface area contributed by atoms with E-state index in [4.69, 9.17) is 5.73 Å². The van der Waals surface area contributed by atoms with E-state index in [1.807, 2.05) is 19.9 Å². The average molecular weight is 293 g/mol. The number of aromatic nitrogens is 2. The Morgan fingerprint density at radius 2 is 2.05 bits per heavy atom. The van der Waals surface area contributed by atoms with Crippen molar-refractivity contribution in [2.45, 2.75) is 20.4 Å². The van der Waals surface area contributed by atoms with Crippen LogP contribution >= 0.6 is 11.3 Å². The molecule has 3 aromatic rings. The monoisotopic (exact) mass is 293 g/mol. The molecule has 0 radical (unpaired) electrons. The van der Waals surface area contributed by atoms with E-state index in [2.05, 4.69) is 4.98 Å². The molecule has 3 rings (SSSR count). The molecule has 3 nitrogen and oxygen atoms in total. The quantitative estimate of drug-likeness (QED) is 0.784. The van der Waals surface area contributed by atoms with Crippen molar-refractivity contribution in [3.05, 3.63) is 45.2 Å². The number of nitrogens with two attached hydrogens (primary N) is 1. The number of halogens is 2. The Balaban J connectivity index is 2.15. The van der Waals surface area contributed by atoms with Crippen molar-refractivity contribution < 1.29 is 8.78 Å².